The lowest BCUT2D eigenvalue weighted by molar-refractivity contribution is 0.0544. The van der Waals surface area contributed by atoms with Crippen molar-refractivity contribution in [2.24, 2.45) is 5.92 Å². The van der Waals surface area contributed by atoms with E-state index in [0.29, 0.717) is 13.2 Å². The molecule has 1 fully saturated rings. The zero-order chi connectivity index (χ0) is 12.3. The van der Waals surface area contributed by atoms with Crippen LogP contribution in [-0.4, -0.2) is 29.2 Å². The van der Waals surface area contributed by atoms with Crippen molar-refractivity contribution in [3.63, 3.8) is 0 Å². The van der Waals surface area contributed by atoms with Gasteiger partial charge >= 0.3 is 0 Å². The summed E-state index contributed by atoms with van der Waals surface area (Å²) < 4.78 is 5.29. The summed E-state index contributed by atoms with van der Waals surface area (Å²) in [7, 11) is 0. The maximum atomic E-state index is 12.4. The molecular weight excluding hydrogens is 216 g/mol. The fraction of sp³-hybridized carbons (Fsp3) is 0.615. The first-order valence-corrected chi connectivity index (χ1v) is 6.17. The Bertz CT molecular complexity index is 412. The number of hydrogen-bond acceptors (Lipinski definition) is 4. The van der Waals surface area contributed by atoms with Crippen LogP contribution in [0.1, 0.15) is 41.5 Å². The van der Waals surface area contributed by atoms with E-state index < -0.39 is 0 Å². The van der Waals surface area contributed by atoms with Gasteiger partial charge in [-0.15, -0.1) is 0 Å². The van der Waals surface area contributed by atoms with Crippen LogP contribution in [0.4, 0.5) is 0 Å². The summed E-state index contributed by atoms with van der Waals surface area (Å²) in [5.74, 6) is 0.306. The Kier molecular flexibility index (Phi) is 3.84. The summed E-state index contributed by atoms with van der Waals surface area (Å²) in [6, 6.07) is 1.86. The molecule has 1 aromatic heterocycles. The Morgan fingerprint density at radius 1 is 1.41 bits per heavy atom. The topological polar surface area (TPSA) is 52.1 Å². The first-order valence-electron chi connectivity index (χ1n) is 6.17. The van der Waals surface area contributed by atoms with Crippen LogP contribution in [-0.2, 0) is 11.2 Å². The lowest BCUT2D eigenvalue weighted by Gasteiger charge is -2.21. The van der Waals surface area contributed by atoms with Gasteiger partial charge in [0.1, 0.15) is 0 Å². The van der Waals surface area contributed by atoms with E-state index >= 15 is 0 Å². The van der Waals surface area contributed by atoms with Crippen LogP contribution in [0.5, 0.6) is 0 Å². The quantitative estimate of drug-likeness (QED) is 0.750. The van der Waals surface area contributed by atoms with E-state index in [0.717, 1.165) is 36.2 Å². The number of aromatic nitrogens is 2. The smallest absolute Gasteiger partial charge is 0.168 e. The first-order chi connectivity index (χ1) is 8.22. The Hall–Kier alpha value is -1.29. The molecule has 1 aromatic rings. The molecule has 4 nitrogen and oxygen atoms in total. The Morgan fingerprint density at radius 2 is 2.12 bits per heavy atom. The predicted octanol–water partition coefficient (Wildman–Crippen LogP) is 1.96. The molecule has 2 heterocycles. The molecule has 1 aliphatic heterocycles. The zero-order valence-electron chi connectivity index (χ0n) is 10.4. The van der Waals surface area contributed by atoms with Gasteiger partial charge in [-0.1, -0.05) is 6.92 Å². The van der Waals surface area contributed by atoms with Crippen LogP contribution in [0, 0.1) is 12.8 Å². The van der Waals surface area contributed by atoms with Gasteiger partial charge in [-0.05, 0) is 32.3 Å². The second-order valence-electron chi connectivity index (χ2n) is 4.45. The van der Waals surface area contributed by atoms with E-state index in [4.69, 9.17) is 4.74 Å². The summed E-state index contributed by atoms with van der Waals surface area (Å²) in [4.78, 5) is 12.4. The number of hydrogen-bond donors (Lipinski definition) is 0. The second kappa shape index (κ2) is 5.36. The highest BCUT2D eigenvalue weighted by Gasteiger charge is 2.25. The van der Waals surface area contributed by atoms with Crippen LogP contribution in [0.3, 0.4) is 0 Å². The van der Waals surface area contributed by atoms with Gasteiger partial charge in [0, 0.05) is 24.7 Å². The number of aryl methyl sites for hydroxylation is 2. The summed E-state index contributed by atoms with van der Waals surface area (Å²) in [5, 5.41) is 8.12. The SMILES string of the molecule is CCc1nnc(C)cc1C(=O)C1CCOCC1. The zero-order valence-corrected chi connectivity index (χ0v) is 10.4. The third-order valence-corrected chi connectivity index (χ3v) is 3.19. The van der Waals surface area contributed by atoms with Crippen molar-refractivity contribution in [2.75, 3.05) is 13.2 Å². The highest BCUT2D eigenvalue weighted by Crippen LogP contribution is 2.21. The van der Waals surface area contributed by atoms with Crippen LogP contribution in [0.25, 0.3) is 0 Å². The van der Waals surface area contributed by atoms with Gasteiger partial charge in [0.2, 0.25) is 0 Å². The number of carbonyl (C=O) groups is 1. The van der Waals surface area contributed by atoms with Crippen molar-refractivity contribution in [1.29, 1.82) is 0 Å². The fourth-order valence-corrected chi connectivity index (χ4v) is 2.17. The first kappa shape index (κ1) is 12.2. The van der Waals surface area contributed by atoms with E-state index in [1.165, 1.54) is 0 Å². The molecule has 0 aliphatic carbocycles. The van der Waals surface area contributed by atoms with Crippen molar-refractivity contribution in [3.8, 4) is 0 Å². The molecule has 92 valence electrons. The van der Waals surface area contributed by atoms with Crippen LogP contribution in [0.15, 0.2) is 6.07 Å². The molecule has 4 heteroatoms. The molecule has 0 radical (unpaired) electrons. The molecular formula is C13H18N2O2. The standard InChI is InChI=1S/C13H18N2O2/c1-3-12-11(8-9(2)14-15-12)13(16)10-4-6-17-7-5-10/h8,10H,3-7H2,1-2H3. The molecule has 0 atom stereocenters. The molecule has 2 rings (SSSR count). The van der Waals surface area contributed by atoms with Gasteiger partial charge in [0.15, 0.2) is 5.78 Å². The summed E-state index contributed by atoms with van der Waals surface area (Å²) >= 11 is 0. The average molecular weight is 234 g/mol. The van der Waals surface area contributed by atoms with E-state index in [9.17, 15) is 4.79 Å². The van der Waals surface area contributed by atoms with Crippen LogP contribution >= 0.6 is 0 Å². The number of ketones is 1. The van der Waals surface area contributed by atoms with Crippen molar-refractivity contribution in [3.05, 3.63) is 23.0 Å². The molecule has 17 heavy (non-hydrogen) atoms. The lowest BCUT2D eigenvalue weighted by Crippen LogP contribution is -2.25. The monoisotopic (exact) mass is 234 g/mol. The maximum Gasteiger partial charge on any atom is 0.168 e. The van der Waals surface area contributed by atoms with Crippen molar-refractivity contribution < 1.29 is 9.53 Å². The molecule has 1 saturated heterocycles. The molecule has 0 saturated carbocycles. The number of nitrogens with zero attached hydrogens (tertiary/aromatic N) is 2. The predicted molar refractivity (Wildman–Crippen MR) is 64.0 cm³/mol. The van der Waals surface area contributed by atoms with Gasteiger partial charge in [-0.2, -0.15) is 10.2 Å². The van der Waals surface area contributed by atoms with Gasteiger partial charge in [-0.3, -0.25) is 4.79 Å². The second-order valence-corrected chi connectivity index (χ2v) is 4.45. The van der Waals surface area contributed by atoms with Crippen molar-refractivity contribution in [1.82, 2.24) is 10.2 Å². The minimum atomic E-state index is 0.0950. The largest absolute Gasteiger partial charge is 0.381 e. The summed E-state index contributed by atoms with van der Waals surface area (Å²) in [6.07, 6.45) is 2.39. The van der Waals surface area contributed by atoms with E-state index in [2.05, 4.69) is 10.2 Å². The van der Waals surface area contributed by atoms with Gasteiger partial charge in [0.25, 0.3) is 0 Å². The van der Waals surface area contributed by atoms with Gasteiger partial charge in [-0.25, -0.2) is 0 Å². The average Bonchev–Trinajstić information content (AvgIpc) is 2.39. The number of Topliss-reactive ketones (excluding diaryl/α,β-unsaturated/α-hetero) is 1. The third-order valence-electron chi connectivity index (χ3n) is 3.19. The summed E-state index contributed by atoms with van der Waals surface area (Å²) in [5.41, 5.74) is 2.37. The van der Waals surface area contributed by atoms with Gasteiger partial charge < -0.3 is 4.74 Å². The highest BCUT2D eigenvalue weighted by molar-refractivity contribution is 5.98. The van der Waals surface area contributed by atoms with Crippen LogP contribution < -0.4 is 0 Å². The van der Waals surface area contributed by atoms with Crippen molar-refractivity contribution in [2.45, 2.75) is 33.1 Å². The normalized spacial score (nSPS) is 17.1. The molecule has 1 aliphatic rings. The molecule has 0 spiro atoms. The highest BCUT2D eigenvalue weighted by atomic mass is 16.5. The Balaban J connectivity index is 2.25. The van der Waals surface area contributed by atoms with Crippen LogP contribution in [0.2, 0.25) is 0 Å². The Labute approximate surface area is 101 Å². The van der Waals surface area contributed by atoms with E-state index in [-0.39, 0.29) is 11.7 Å². The maximum absolute atomic E-state index is 12.4. The van der Waals surface area contributed by atoms with E-state index in [1.807, 2.05) is 19.9 Å². The minimum absolute atomic E-state index is 0.0950. The minimum Gasteiger partial charge on any atom is -0.381 e. The number of ether oxygens (including phenoxy) is 1. The number of carbonyl (C=O) groups excluding carboxylic acids is 1. The van der Waals surface area contributed by atoms with Gasteiger partial charge in [0.05, 0.1) is 11.4 Å². The fourth-order valence-electron chi connectivity index (χ4n) is 2.17. The molecule has 0 unspecified atom stereocenters. The van der Waals surface area contributed by atoms with E-state index in [1.54, 1.807) is 0 Å². The molecule has 0 N–H and O–H groups in total. The molecule has 0 amide bonds. The Morgan fingerprint density at radius 3 is 2.76 bits per heavy atom. The van der Waals surface area contributed by atoms with Crippen molar-refractivity contribution >= 4 is 5.78 Å². The molecule has 0 aromatic carbocycles. The molecule has 0 bridgehead atoms. The lowest BCUT2D eigenvalue weighted by atomic mass is 9.90. The third kappa shape index (κ3) is 2.69. The number of rotatable bonds is 3. The summed E-state index contributed by atoms with van der Waals surface area (Å²) in [6.45, 7) is 5.25.